The third-order valence-corrected chi connectivity index (χ3v) is 10.1. The van der Waals surface area contributed by atoms with E-state index in [1.165, 1.54) is 36.4 Å². The van der Waals surface area contributed by atoms with Gasteiger partial charge in [-0.05, 0) is 117 Å². The van der Waals surface area contributed by atoms with Crippen molar-refractivity contribution in [3.8, 4) is 50.7 Å². The summed E-state index contributed by atoms with van der Waals surface area (Å²) >= 11 is 0. The zero-order valence-electron chi connectivity index (χ0n) is 32.8. The van der Waals surface area contributed by atoms with Gasteiger partial charge in [0.15, 0.2) is 11.6 Å². The first-order valence-electron chi connectivity index (χ1n) is 18.6. The number of hydrogen-bond acceptors (Lipinski definition) is 6. The Bertz CT molecular complexity index is 2950. The lowest BCUT2D eigenvalue weighted by atomic mass is 9.94. The lowest BCUT2D eigenvalue weighted by Gasteiger charge is -2.17. The summed E-state index contributed by atoms with van der Waals surface area (Å²) in [5.41, 5.74) is -6.19. The highest BCUT2D eigenvalue weighted by molar-refractivity contribution is 6.12. The minimum Gasteiger partial charge on any atom is -0.308 e. The quantitative estimate of drug-likeness (QED) is 0.160. The van der Waals surface area contributed by atoms with E-state index in [-0.39, 0.29) is 50.9 Å². The molecular formula is C44H27F12N7. The van der Waals surface area contributed by atoms with Gasteiger partial charge in [-0.3, -0.25) is 0 Å². The van der Waals surface area contributed by atoms with Crippen LogP contribution in [-0.4, -0.2) is 34.5 Å². The van der Waals surface area contributed by atoms with Crippen molar-refractivity contribution >= 4 is 21.8 Å². The first kappa shape index (κ1) is 42.8. The predicted octanol–water partition coefficient (Wildman–Crippen LogP) is 13.1. The number of alkyl halides is 12. The molecule has 3 aromatic heterocycles. The van der Waals surface area contributed by atoms with Gasteiger partial charge in [-0.1, -0.05) is 24.3 Å². The van der Waals surface area contributed by atoms with Gasteiger partial charge in [0.05, 0.1) is 39.0 Å². The normalized spacial score (nSPS) is 12.8. The largest absolute Gasteiger partial charge is 0.417 e. The minimum atomic E-state index is -5.25. The zero-order chi connectivity index (χ0) is 45.6. The van der Waals surface area contributed by atoms with Crippen LogP contribution in [0.2, 0.25) is 0 Å². The van der Waals surface area contributed by atoms with Gasteiger partial charge in [0.2, 0.25) is 0 Å². The van der Waals surface area contributed by atoms with E-state index in [1.54, 1.807) is 50.5 Å². The second-order valence-electron chi connectivity index (χ2n) is 14.5. The van der Waals surface area contributed by atoms with Crippen LogP contribution in [0.3, 0.4) is 0 Å². The molecule has 0 fully saturated rings. The van der Waals surface area contributed by atoms with Gasteiger partial charge < -0.3 is 4.57 Å². The predicted molar refractivity (Wildman–Crippen MR) is 208 cm³/mol. The fraction of sp³-hybridized carbons (Fsp3) is 0.182. The summed E-state index contributed by atoms with van der Waals surface area (Å²) in [5, 5.41) is 0.249. The Morgan fingerprint density at radius 2 is 0.762 bits per heavy atom. The van der Waals surface area contributed by atoms with Crippen LogP contribution in [0.4, 0.5) is 52.7 Å². The van der Waals surface area contributed by atoms with Crippen molar-refractivity contribution in [3.63, 3.8) is 0 Å². The highest BCUT2D eigenvalue weighted by Gasteiger charge is 2.40. The van der Waals surface area contributed by atoms with E-state index in [4.69, 9.17) is 0 Å². The second kappa shape index (κ2) is 14.9. The van der Waals surface area contributed by atoms with Crippen LogP contribution < -0.4 is 0 Å². The first-order valence-corrected chi connectivity index (χ1v) is 18.6. The van der Waals surface area contributed by atoms with Crippen LogP contribution in [0.15, 0.2) is 91.0 Å². The van der Waals surface area contributed by atoms with E-state index < -0.39 is 58.1 Å². The maximum atomic E-state index is 14.5. The molecule has 0 radical (unpaired) electrons. The van der Waals surface area contributed by atoms with E-state index in [9.17, 15) is 52.7 Å². The molecule has 19 heteroatoms. The number of aromatic nitrogens is 7. The van der Waals surface area contributed by atoms with Crippen molar-refractivity contribution in [2.45, 2.75) is 52.4 Å². The monoisotopic (exact) mass is 881 g/mol. The Hall–Kier alpha value is -6.92. The molecule has 322 valence electrons. The summed E-state index contributed by atoms with van der Waals surface area (Å²) in [5.74, 6) is 1.99. The molecule has 0 saturated carbocycles. The zero-order valence-corrected chi connectivity index (χ0v) is 32.8. The molecule has 7 nitrogen and oxygen atoms in total. The van der Waals surface area contributed by atoms with Gasteiger partial charge in [-0.2, -0.15) is 52.7 Å². The standard InChI is InChI=1S/C44H27F12N7/c1-20-57-21(2)60-39(59-20)26-7-14-38(33(17-26)40-61-22(3)58-23(4)62-40)63-36-12-5-24(29-10-8-27(41(45,46)47)18-34(29)43(51,52)53)15-31(36)32-16-25(6-13-37(32)63)30-11-9-28(42(48,49)50)19-35(30)44(54,55)56/h5-19H,1-4H3. The fourth-order valence-corrected chi connectivity index (χ4v) is 7.56. The third-order valence-electron chi connectivity index (χ3n) is 10.1. The van der Waals surface area contributed by atoms with E-state index in [0.717, 1.165) is 0 Å². The van der Waals surface area contributed by atoms with Crippen LogP contribution in [-0.2, 0) is 24.7 Å². The molecule has 0 aliphatic rings. The van der Waals surface area contributed by atoms with E-state index in [1.807, 2.05) is 0 Å². The van der Waals surface area contributed by atoms with Crippen LogP contribution in [0.1, 0.15) is 45.6 Å². The van der Waals surface area contributed by atoms with E-state index in [0.29, 0.717) is 70.2 Å². The van der Waals surface area contributed by atoms with Gasteiger partial charge >= 0.3 is 24.7 Å². The summed E-state index contributed by atoms with van der Waals surface area (Å²) < 4.78 is 170. The molecule has 8 rings (SSSR count). The SMILES string of the molecule is Cc1nc(C)nc(-c2ccc(-n3c4ccc(-c5ccc(C(F)(F)F)cc5C(F)(F)F)cc4c4cc(-c5ccc(C(F)(F)F)cc5C(F)(F)F)ccc43)c(-c3nc(C)nc(C)n3)c2)n1. The molecule has 8 aromatic rings. The fourth-order valence-electron chi connectivity index (χ4n) is 7.56. The molecule has 0 aliphatic carbocycles. The van der Waals surface area contributed by atoms with Gasteiger partial charge in [-0.25, -0.2) is 29.9 Å². The van der Waals surface area contributed by atoms with Gasteiger partial charge in [0, 0.05) is 21.9 Å². The highest BCUT2D eigenvalue weighted by Crippen LogP contribution is 2.46. The summed E-state index contributed by atoms with van der Waals surface area (Å²) in [6.07, 6.45) is -20.7. The molecular weight excluding hydrogens is 855 g/mol. The summed E-state index contributed by atoms with van der Waals surface area (Å²) in [4.78, 5) is 26.6. The number of hydrogen-bond donors (Lipinski definition) is 0. The summed E-state index contributed by atoms with van der Waals surface area (Å²) in [7, 11) is 0. The number of nitrogens with zero attached hydrogens (tertiary/aromatic N) is 7. The molecule has 0 aliphatic heterocycles. The van der Waals surface area contributed by atoms with Crippen LogP contribution in [0.25, 0.3) is 72.5 Å². The Labute approximate surface area is 348 Å². The molecule has 0 bridgehead atoms. The van der Waals surface area contributed by atoms with E-state index >= 15 is 0 Å². The highest BCUT2D eigenvalue weighted by atomic mass is 19.4. The van der Waals surface area contributed by atoms with Crippen LogP contribution in [0.5, 0.6) is 0 Å². The summed E-state index contributed by atoms with van der Waals surface area (Å²) in [6.45, 7) is 6.63. The summed E-state index contributed by atoms with van der Waals surface area (Å²) in [6, 6.07) is 15.2. The lowest BCUT2D eigenvalue weighted by molar-refractivity contribution is -0.144. The number of fused-ring (bicyclic) bond motifs is 3. The van der Waals surface area contributed by atoms with Crippen molar-refractivity contribution in [1.82, 2.24) is 34.5 Å². The molecule has 3 heterocycles. The second-order valence-corrected chi connectivity index (χ2v) is 14.5. The van der Waals surface area contributed by atoms with Gasteiger partial charge in [0.1, 0.15) is 23.3 Å². The Morgan fingerprint density at radius 1 is 0.365 bits per heavy atom. The third kappa shape index (κ3) is 8.14. The number of aryl methyl sites for hydroxylation is 4. The maximum absolute atomic E-state index is 14.5. The Balaban J connectivity index is 1.46. The van der Waals surface area contributed by atoms with Crippen LogP contribution in [0, 0.1) is 27.7 Å². The molecule has 63 heavy (non-hydrogen) atoms. The number of halogens is 12. The average Bonchev–Trinajstić information content (AvgIpc) is 3.51. The van der Waals surface area contributed by atoms with Crippen molar-refractivity contribution in [3.05, 3.63) is 137 Å². The van der Waals surface area contributed by atoms with Crippen molar-refractivity contribution < 1.29 is 52.7 Å². The molecule has 0 unspecified atom stereocenters. The van der Waals surface area contributed by atoms with E-state index in [2.05, 4.69) is 29.9 Å². The smallest absolute Gasteiger partial charge is 0.308 e. The lowest BCUT2D eigenvalue weighted by Crippen LogP contribution is -2.12. The Kier molecular flexibility index (Phi) is 10.1. The average molecular weight is 882 g/mol. The number of benzene rings is 5. The molecule has 0 amide bonds. The number of rotatable bonds is 5. The first-order chi connectivity index (χ1) is 29.4. The van der Waals surface area contributed by atoms with Crippen molar-refractivity contribution in [1.29, 1.82) is 0 Å². The maximum Gasteiger partial charge on any atom is 0.417 e. The van der Waals surface area contributed by atoms with Crippen molar-refractivity contribution in [2.75, 3.05) is 0 Å². The molecule has 0 saturated heterocycles. The molecule has 5 aromatic carbocycles. The molecule has 0 atom stereocenters. The topological polar surface area (TPSA) is 82.3 Å². The minimum absolute atomic E-state index is 0.00772. The Morgan fingerprint density at radius 3 is 1.16 bits per heavy atom. The van der Waals surface area contributed by atoms with Crippen LogP contribution >= 0.6 is 0 Å². The van der Waals surface area contributed by atoms with Gasteiger partial charge in [-0.15, -0.1) is 0 Å². The molecule has 0 N–H and O–H groups in total. The molecule has 0 spiro atoms. The van der Waals surface area contributed by atoms with Crippen molar-refractivity contribution in [2.24, 2.45) is 0 Å². The van der Waals surface area contributed by atoms with Gasteiger partial charge in [0.25, 0.3) is 0 Å².